The molecule has 10 aromatic rings. The molecule has 0 aliphatic carbocycles. The van der Waals surface area contributed by atoms with Crippen LogP contribution in [0.3, 0.4) is 0 Å². The zero-order chi connectivity index (χ0) is 31.6. The number of hydrogen-bond acceptors (Lipinski definition) is 6. The monoisotopic (exact) mass is 616 g/mol. The lowest BCUT2D eigenvalue weighted by Gasteiger charge is -2.11. The van der Waals surface area contributed by atoms with Crippen molar-refractivity contribution in [1.29, 1.82) is 0 Å². The maximum Gasteiger partial charge on any atom is 0.164 e. The molecule has 0 saturated carbocycles. The summed E-state index contributed by atoms with van der Waals surface area (Å²) in [4.78, 5) is 19.8. The number of fused-ring (bicyclic) bond motifs is 7. The van der Waals surface area contributed by atoms with Crippen LogP contribution in [0.15, 0.2) is 155 Å². The topological polar surface area (TPSA) is 77.8 Å². The number of rotatable bonds is 4. The number of pyridine rings is 1. The van der Waals surface area contributed by atoms with Crippen molar-refractivity contribution in [2.45, 2.75) is 0 Å². The lowest BCUT2D eigenvalue weighted by atomic mass is 9.96. The van der Waals surface area contributed by atoms with Gasteiger partial charge in [-0.3, -0.25) is 4.98 Å². The Hall–Kier alpha value is -6.66. The Morgan fingerprint density at radius 1 is 0.417 bits per heavy atom. The van der Waals surface area contributed by atoms with Crippen LogP contribution in [0.4, 0.5) is 0 Å². The largest absolute Gasteiger partial charge is 0.455 e. The van der Waals surface area contributed by atoms with Gasteiger partial charge in [0.2, 0.25) is 0 Å². The first-order valence-electron chi connectivity index (χ1n) is 15.8. The molecule has 48 heavy (non-hydrogen) atoms. The lowest BCUT2D eigenvalue weighted by Crippen LogP contribution is -2.00. The molecular formula is C42H24N4O2. The van der Waals surface area contributed by atoms with Gasteiger partial charge in [-0.2, -0.15) is 0 Å². The van der Waals surface area contributed by atoms with E-state index in [0.29, 0.717) is 17.5 Å². The van der Waals surface area contributed by atoms with Gasteiger partial charge in [-0.25, -0.2) is 15.0 Å². The Morgan fingerprint density at radius 3 is 1.85 bits per heavy atom. The average Bonchev–Trinajstić information content (AvgIpc) is 3.73. The van der Waals surface area contributed by atoms with Gasteiger partial charge in [0.1, 0.15) is 22.3 Å². The average molecular weight is 617 g/mol. The van der Waals surface area contributed by atoms with Crippen molar-refractivity contribution in [3.05, 3.63) is 146 Å². The molecule has 0 unspecified atom stereocenters. The molecule has 0 fully saturated rings. The van der Waals surface area contributed by atoms with E-state index in [1.54, 1.807) is 0 Å². The van der Waals surface area contributed by atoms with Gasteiger partial charge in [0.15, 0.2) is 17.5 Å². The van der Waals surface area contributed by atoms with Crippen LogP contribution in [-0.2, 0) is 0 Å². The molecule has 6 nitrogen and oxygen atoms in total. The fourth-order valence-corrected chi connectivity index (χ4v) is 6.73. The predicted molar refractivity (Wildman–Crippen MR) is 191 cm³/mol. The molecule has 4 heterocycles. The van der Waals surface area contributed by atoms with Crippen LogP contribution in [0.1, 0.15) is 0 Å². The number of nitrogens with zero attached hydrogens (tertiary/aromatic N) is 4. The predicted octanol–water partition coefficient (Wildman–Crippen LogP) is 10.9. The van der Waals surface area contributed by atoms with E-state index in [0.717, 1.165) is 82.6 Å². The molecule has 0 bridgehead atoms. The summed E-state index contributed by atoms with van der Waals surface area (Å²) in [6.07, 6.45) is 1.81. The van der Waals surface area contributed by atoms with E-state index >= 15 is 0 Å². The van der Waals surface area contributed by atoms with E-state index in [2.05, 4.69) is 59.6 Å². The maximum atomic E-state index is 6.82. The molecule has 0 N–H and O–H groups in total. The van der Waals surface area contributed by atoms with Crippen molar-refractivity contribution in [2.75, 3.05) is 0 Å². The fraction of sp³-hybridized carbons (Fsp3) is 0. The molecule has 6 heteroatoms. The number of hydrogen-bond donors (Lipinski definition) is 0. The van der Waals surface area contributed by atoms with Gasteiger partial charge in [0, 0.05) is 60.9 Å². The molecule has 0 aliphatic heterocycles. The van der Waals surface area contributed by atoms with Gasteiger partial charge in [-0.1, -0.05) is 103 Å². The van der Waals surface area contributed by atoms with Crippen LogP contribution in [-0.4, -0.2) is 19.9 Å². The van der Waals surface area contributed by atoms with Gasteiger partial charge in [-0.15, -0.1) is 0 Å². The van der Waals surface area contributed by atoms with Gasteiger partial charge >= 0.3 is 0 Å². The molecule has 10 rings (SSSR count). The third-order valence-electron chi connectivity index (χ3n) is 8.98. The summed E-state index contributed by atoms with van der Waals surface area (Å²) >= 11 is 0. The van der Waals surface area contributed by atoms with E-state index in [-0.39, 0.29) is 0 Å². The summed E-state index contributed by atoms with van der Waals surface area (Å²) < 4.78 is 13.3. The summed E-state index contributed by atoms with van der Waals surface area (Å²) in [5.74, 6) is 1.76. The standard InChI is InChI=1S/C42H24N4O2/c1-3-11-25(12-4-1)40-44-41(26-13-5-2-6-14-26)46-42(45-40)32-21-20-31(30-18-9-17-29-28-16-7-8-19-35(28)47-38(29)30)39-37(32)33-24-34-27(15-10-22-43-34)23-36(33)48-39/h1-24H. The second-order valence-corrected chi connectivity index (χ2v) is 11.8. The Balaban J connectivity index is 1.30. The van der Waals surface area contributed by atoms with Gasteiger partial charge < -0.3 is 8.83 Å². The van der Waals surface area contributed by atoms with Crippen LogP contribution in [0.2, 0.25) is 0 Å². The summed E-state index contributed by atoms with van der Waals surface area (Å²) in [6, 6.07) is 46.8. The van der Waals surface area contributed by atoms with Crippen LogP contribution in [0.25, 0.3) is 100 Å². The van der Waals surface area contributed by atoms with Crippen molar-refractivity contribution in [1.82, 2.24) is 19.9 Å². The number of para-hydroxylation sites is 2. The summed E-state index contributed by atoms with van der Waals surface area (Å²) in [6.45, 7) is 0. The third kappa shape index (κ3) is 4.13. The quantitative estimate of drug-likeness (QED) is 0.196. The number of aromatic nitrogens is 4. The Kier molecular flexibility index (Phi) is 5.77. The van der Waals surface area contributed by atoms with Crippen LogP contribution < -0.4 is 0 Å². The molecule has 0 spiro atoms. The van der Waals surface area contributed by atoms with Crippen molar-refractivity contribution >= 4 is 54.8 Å². The van der Waals surface area contributed by atoms with E-state index in [1.165, 1.54) is 0 Å². The first kappa shape index (κ1) is 26.5. The minimum Gasteiger partial charge on any atom is -0.455 e. The molecular weight excluding hydrogens is 592 g/mol. The second-order valence-electron chi connectivity index (χ2n) is 11.8. The molecule has 0 saturated heterocycles. The molecule has 224 valence electrons. The molecule has 0 atom stereocenters. The van der Waals surface area contributed by atoms with Crippen molar-refractivity contribution in [3.63, 3.8) is 0 Å². The van der Waals surface area contributed by atoms with Crippen molar-refractivity contribution < 1.29 is 8.83 Å². The Bertz CT molecular complexity index is 2780. The van der Waals surface area contributed by atoms with Crippen LogP contribution in [0, 0.1) is 0 Å². The molecule has 0 amide bonds. The maximum absolute atomic E-state index is 6.82. The van der Waals surface area contributed by atoms with Crippen molar-refractivity contribution in [3.8, 4) is 45.3 Å². The van der Waals surface area contributed by atoms with Gasteiger partial charge in [0.25, 0.3) is 0 Å². The first-order chi connectivity index (χ1) is 23.8. The van der Waals surface area contributed by atoms with E-state index in [1.807, 2.05) is 91.1 Å². The summed E-state index contributed by atoms with van der Waals surface area (Å²) in [5.41, 5.74) is 8.58. The Morgan fingerprint density at radius 2 is 1.06 bits per heavy atom. The summed E-state index contributed by atoms with van der Waals surface area (Å²) in [5, 5.41) is 4.99. The van der Waals surface area contributed by atoms with Gasteiger partial charge in [0.05, 0.1) is 5.52 Å². The number of benzene rings is 6. The molecule has 0 radical (unpaired) electrons. The van der Waals surface area contributed by atoms with E-state index in [4.69, 9.17) is 23.8 Å². The normalized spacial score (nSPS) is 11.8. The minimum atomic E-state index is 0.560. The summed E-state index contributed by atoms with van der Waals surface area (Å²) in [7, 11) is 0. The highest BCUT2D eigenvalue weighted by Crippen LogP contribution is 2.45. The third-order valence-corrected chi connectivity index (χ3v) is 8.98. The zero-order valence-electron chi connectivity index (χ0n) is 25.5. The molecule has 0 aliphatic rings. The first-order valence-corrected chi connectivity index (χ1v) is 15.8. The lowest BCUT2D eigenvalue weighted by molar-refractivity contribution is 0.665. The highest BCUT2D eigenvalue weighted by atomic mass is 16.3. The highest BCUT2D eigenvalue weighted by Gasteiger charge is 2.23. The number of furan rings is 2. The Labute approximate surface area is 274 Å². The fourth-order valence-electron chi connectivity index (χ4n) is 6.73. The second kappa shape index (κ2) is 10.4. The van der Waals surface area contributed by atoms with E-state index < -0.39 is 0 Å². The molecule has 4 aromatic heterocycles. The minimum absolute atomic E-state index is 0.560. The SMILES string of the molecule is c1ccc(-c2nc(-c3ccccc3)nc(-c3ccc(-c4cccc5c4oc4ccccc45)c4oc5cc6cccnc6cc5c34)n2)cc1. The smallest absolute Gasteiger partial charge is 0.164 e. The van der Waals surface area contributed by atoms with Gasteiger partial charge in [-0.05, 0) is 36.4 Å². The molecule has 6 aromatic carbocycles. The highest BCUT2D eigenvalue weighted by molar-refractivity contribution is 6.20. The van der Waals surface area contributed by atoms with Crippen LogP contribution >= 0.6 is 0 Å². The van der Waals surface area contributed by atoms with E-state index in [9.17, 15) is 0 Å². The van der Waals surface area contributed by atoms with Crippen molar-refractivity contribution in [2.24, 2.45) is 0 Å². The van der Waals surface area contributed by atoms with Crippen LogP contribution in [0.5, 0.6) is 0 Å². The zero-order valence-corrected chi connectivity index (χ0v) is 25.5.